The summed E-state index contributed by atoms with van der Waals surface area (Å²) in [5.74, 6) is 0.886. The molecule has 0 spiro atoms. The molecule has 0 radical (unpaired) electrons. The van der Waals surface area contributed by atoms with Crippen LogP contribution in [0.2, 0.25) is 0 Å². The van der Waals surface area contributed by atoms with Gasteiger partial charge >= 0.3 is 0 Å². The normalized spacial score (nSPS) is 13.0. The Hall–Kier alpha value is -0.170. The quantitative estimate of drug-likeness (QED) is 0.0741. The standard InChI is InChI=1S/C25H54N.CH4O4S/c1-6-8-10-11-12-13-14-15-16-17-18-19-20-21-23-26(4,5)24-25(3)22-9-7-2;1-5-6(2,3)4/h25H,6-24H2,1-5H3;1H3,(H,2,3,4)/q+1;/p-1. The summed E-state index contributed by atoms with van der Waals surface area (Å²) in [6.45, 7) is 9.78. The fourth-order valence-corrected chi connectivity index (χ4v) is 4.31. The summed E-state index contributed by atoms with van der Waals surface area (Å²) >= 11 is 0. The molecule has 1 unspecified atom stereocenters. The van der Waals surface area contributed by atoms with Gasteiger partial charge in [-0.2, -0.15) is 0 Å². The Labute approximate surface area is 202 Å². The third kappa shape index (κ3) is 29.8. The minimum Gasteiger partial charge on any atom is -0.726 e. The molecule has 0 aliphatic rings. The van der Waals surface area contributed by atoms with E-state index in [0.29, 0.717) is 0 Å². The molecular formula is C26H57NO4S. The van der Waals surface area contributed by atoms with Crippen molar-refractivity contribution in [3.8, 4) is 0 Å². The van der Waals surface area contributed by atoms with Crippen LogP contribution in [0.4, 0.5) is 0 Å². The van der Waals surface area contributed by atoms with E-state index in [4.69, 9.17) is 0 Å². The van der Waals surface area contributed by atoms with E-state index in [1.165, 1.54) is 127 Å². The van der Waals surface area contributed by atoms with Crippen LogP contribution in [0, 0.1) is 5.92 Å². The Bertz CT molecular complexity index is 480. The predicted octanol–water partition coefficient (Wildman–Crippen LogP) is 7.46. The SMILES string of the molecule is CCCCCCCCCCCCCCCC[N+](C)(C)CC(C)CCCC.COS(=O)(=O)[O-]. The van der Waals surface area contributed by atoms with Gasteiger partial charge in [0, 0.05) is 5.92 Å². The number of hydrogen-bond acceptors (Lipinski definition) is 4. The monoisotopic (exact) mass is 479 g/mol. The maximum atomic E-state index is 9.22. The third-order valence-corrected chi connectivity index (χ3v) is 6.59. The summed E-state index contributed by atoms with van der Waals surface area (Å²) < 4.78 is 32.2. The van der Waals surface area contributed by atoms with Crippen LogP contribution in [0.5, 0.6) is 0 Å². The molecule has 32 heavy (non-hydrogen) atoms. The van der Waals surface area contributed by atoms with Gasteiger partial charge in [-0.05, 0) is 19.3 Å². The summed E-state index contributed by atoms with van der Waals surface area (Å²) in [5.41, 5.74) is 0. The number of hydrogen-bond donors (Lipinski definition) is 0. The van der Waals surface area contributed by atoms with E-state index in [2.05, 4.69) is 39.0 Å². The number of unbranched alkanes of at least 4 members (excludes halogenated alkanes) is 14. The second-order valence-corrected chi connectivity index (χ2v) is 11.4. The van der Waals surface area contributed by atoms with E-state index < -0.39 is 10.4 Å². The number of quaternary nitrogens is 1. The van der Waals surface area contributed by atoms with Crippen LogP contribution < -0.4 is 0 Å². The zero-order valence-electron chi connectivity index (χ0n) is 22.5. The first-order valence-corrected chi connectivity index (χ1v) is 14.7. The summed E-state index contributed by atoms with van der Waals surface area (Å²) in [7, 11) is 1.27. The van der Waals surface area contributed by atoms with E-state index in [-0.39, 0.29) is 0 Å². The van der Waals surface area contributed by atoms with Crippen molar-refractivity contribution in [1.29, 1.82) is 0 Å². The maximum Gasteiger partial charge on any atom is 0.217 e. The van der Waals surface area contributed by atoms with E-state index in [0.717, 1.165) is 13.0 Å². The van der Waals surface area contributed by atoms with Crippen LogP contribution in [0.3, 0.4) is 0 Å². The Kier molecular flexibility index (Phi) is 24.0. The lowest BCUT2D eigenvalue weighted by Crippen LogP contribution is -2.43. The molecule has 0 aliphatic carbocycles. The van der Waals surface area contributed by atoms with Crippen LogP contribution in [0.25, 0.3) is 0 Å². The fraction of sp³-hybridized carbons (Fsp3) is 1.00. The summed E-state index contributed by atoms with van der Waals surface area (Å²) in [4.78, 5) is 0. The van der Waals surface area contributed by atoms with Crippen molar-refractivity contribution in [2.75, 3.05) is 34.3 Å². The van der Waals surface area contributed by atoms with Gasteiger partial charge in [-0.1, -0.05) is 111 Å². The Balaban J connectivity index is 0. The largest absolute Gasteiger partial charge is 0.726 e. The van der Waals surface area contributed by atoms with Crippen molar-refractivity contribution in [3.63, 3.8) is 0 Å². The van der Waals surface area contributed by atoms with Crippen molar-refractivity contribution in [3.05, 3.63) is 0 Å². The first-order valence-electron chi connectivity index (χ1n) is 13.4. The van der Waals surface area contributed by atoms with E-state index in [1.54, 1.807) is 0 Å². The highest BCUT2D eigenvalue weighted by Crippen LogP contribution is 2.16. The minimum absolute atomic E-state index is 0.808. The van der Waals surface area contributed by atoms with E-state index in [9.17, 15) is 13.0 Å². The zero-order valence-corrected chi connectivity index (χ0v) is 23.3. The van der Waals surface area contributed by atoms with Crippen molar-refractivity contribution >= 4 is 10.4 Å². The topological polar surface area (TPSA) is 66.4 Å². The number of rotatable bonds is 21. The molecule has 0 fully saturated rings. The molecule has 0 bridgehead atoms. The first-order chi connectivity index (χ1) is 15.1. The molecule has 0 rings (SSSR count). The van der Waals surface area contributed by atoms with Gasteiger partial charge < -0.3 is 9.04 Å². The molecule has 0 aliphatic heterocycles. The van der Waals surface area contributed by atoms with Crippen LogP contribution in [-0.4, -0.2) is 51.7 Å². The molecule has 196 valence electrons. The van der Waals surface area contributed by atoms with Crippen molar-refractivity contribution in [1.82, 2.24) is 0 Å². The van der Waals surface area contributed by atoms with Crippen LogP contribution in [-0.2, 0) is 14.6 Å². The highest BCUT2D eigenvalue weighted by Gasteiger charge is 2.18. The highest BCUT2D eigenvalue weighted by molar-refractivity contribution is 7.80. The first kappa shape index (κ1) is 34.0. The second-order valence-electron chi connectivity index (χ2n) is 10.3. The second kappa shape index (κ2) is 22.6. The Morgan fingerprint density at radius 1 is 0.719 bits per heavy atom. The highest BCUT2D eigenvalue weighted by atomic mass is 32.3. The lowest BCUT2D eigenvalue weighted by Gasteiger charge is -2.32. The smallest absolute Gasteiger partial charge is 0.217 e. The van der Waals surface area contributed by atoms with Gasteiger partial charge in [0.05, 0.1) is 34.3 Å². The Morgan fingerprint density at radius 3 is 1.41 bits per heavy atom. The van der Waals surface area contributed by atoms with Crippen LogP contribution in [0.1, 0.15) is 130 Å². The fourth-order valence-electron chi connectivity index (χ4n) is 4.31. The van der Waals surface area contributed by atoms with Gasteiger partial charge in [0.25, 0.3) is 0 Å². The summed E-state index contributed by atoms with van der Waals surface area (Å²) in [5, 5.41) is 0. The average molecular weight is 480 g/mol. The molecule has 0 aromatic heterocycles. The van der Waals surface area contributed by atoms with Gasteiger partial charge in [0.15, 0.2) is 0 Å². The van der Waals surface area contributed by atoms with Crippen molar-refractivity contribution in [2.45, 2.75) is 130 Å². The van der Waals surface area contributed by atoms with Crippen molar-refractivity contribution in [2.24, 2.45) is 5.92 Å². The molecule has 0 saturated heterocycles. The molecule has 0 aromatic carbocycles. The van der Waals surface area contributed by atoms with Crippen molar-refractivity contribution < 1.29 is 21.6 Å². The minimum atomic E-state index is -4.41. The maximum absolute atomic E-state index is 9.22. The molecule has 5 nitrogen and oxygen atoms in total. The van der Waals surface area contributed by atoms with Gasteiger partial charge in [-0.25, -0.2) is 8.42 Å². The zero-order chi connectivity index (χ0) is 24.7. The van der Waals surface area contributed by atoms with E-state index in [1.807, 2.05) is 0 Å². The predicted molar refractivity (Wildman–Crippen MR) is 138 cm³/mol. The lowest BCUT2D eigenvalue weighted by molar-refractivity contribution is -0.893. The number of nitrogens with zero attached hydrogens (tertiary/aromatic N) is 1. The lowest BCUT2D eigenvalue weighted by atomic mass is 10.0. The summed E-state index contributed by atoms with van der Waals surface area (Å²) in [6, 6.07) is 0. The van der Waals surface area contributed by atoms with Crippen LogP contribution in [0.15, 0.2) is 0 Å². The molecule has 6 heteroatoms. The van der Waals surface area contributed by atoms with Gasteiger partial charge in [-0.3, -0.25) is 4.18 Å². The Morgan fingerprint density at radius 2 is 1.06 bits per heavy atom. The van der Waals surface area contributed by atoms with E-state index >= 15 is 0 Å². The van der Waals surface area contributed by atoms with Gasteiger partial charge in [0.1, 0.15) is 0 Å². The van der Waals surface area contributed by atoms with Gasteiger partial charge in [0.2, 0.25) is 10.4 Å². The molecule has 0 aromatic rings. The van der Waals surface area contributed by atoms with Gasteiger partial charge in [-0.15, -0.1) is 0 Å². The summed E-state index contributed by atoms with van der Waals surface area (Å²) in [6.07, 6.45) is 24.6. The third-order valence-electron chi connectivity index (χ3n) is 6.18. The van der Waals surface area contributed by atoms with Crippen LogP contribution >= 0.6 is 0 Å². The molecule has 0 N–H and O–H groups in total. The average Bonchev–Trinajstić information content (AvgIpc) is 2.72. The molecular weight excluding hydrogens is 422 g/mol. The molecule has 0 heterocycles. The molecule has 1 atom stereocenters. The molecule has 0 amide bonds. The molecule has 0 saturated carbocycles.